The van der Waals surface area contributed by atoms with Crippen LogP contribution in [0, 0.1) is 18.8 Å². The van der Waals surface area contributed by atoms with E-state index in [-0.39, 0.29) is 5.97 Å². The molecule has 4 nitrogen and oxygen atoms in total. The molecule has 1 aliphatic carbocycles. The molecule has 2 atom stereocenters. The first-order valence-electron chi connectivity index (χ1n) is 7.73. The van der Waals surface area contributed by atoms with Gasteiger partial charge in [-0.05, 0) is 49.3 Å². The molecule has 1 aliphatic rings. The van der Waals surface area contributed by atoms with E-state index in [0.717, 1.165) is 23.7 Å². The van der Waals surface area contributed by atoms with E-state index in [9.17, 15) is 4.79 Å². The SMILES string of the molecule is COC(=O)c1cc(NCC2CCCC(C)C2)cc(C)c1N. The third-order valence-electron chi connectivity index (χ3n) is 4.43. The molecule has 1 aromatic carbocycles. The van der Waals surface area contributed by atoms with E-state index >= 15 is 0 Å². The predicted octanol–water partition coefficient (Wildman–Crippen LogP) is 3.60. The highest BCUT2D eigenvalue weighted by molar-refractivity contribution is 5.97. The number of esters is 1. The van der Waals surface area contributed by atoms with Gasteiger partial charge < -0.3 is 15.8 Å². The van der Waals surface area contributed by atoms with Crippen molar-refractivity contribution in [3.8, 4) is 0 Å². The van der Waals surface area contributed by atoms with Crippen molar-refractivity contribution < 1.29 is 9.53 Å². The number of aryl methyl sites for hydroxylation is 1. The van der Waals surface area contributed by atoms with Crippen LogP contribution in [0.25, 0.3) is 0 Å². The summed E-state index contributed by atoms with van der Waals surface area (Å²) in [6, 6.07) is 3.79. The predicted molar refractivity (Wildman–Crippen MR) is 86.5 cm³/mol. The summed E-state index contributed by atoms with van der Waals surface area (Å²) in [5, 5.41) is 3.46. The van der Waals surface area contributed by atoms with Gasteiger partial charge >= 0.3 is 5.97 Å². The van der Waals surface area contributed by atoms with Crippen LogP contribution in [0.4, 0.5) is 11.4 Å². The molecule has 0 aliphatic heterocycles. The van der Waals surface area contributed by atoms with Crippen LogP contribution in [0.1, 0.15) is 48.5 Å². The summed E-state index contributed by atoms with van der Waals surface area (Å²) in [5.41, 5.74) is 8.74. The molecule has 0 spiro atoms. The largest absolute Gasteiger partial charge is 0.465 e. The molecular weight excluding hydrogens is 264 g/mol. The number of benzene rings is 1. The molecule has 21 heavy (non-hydrogen) atoms. The Hall–Kier alpha value is -1.71. The maximum atomic E-state index is 11.8. The van der Waals surface area contributed by atoms with Gasteiger partial charge in [0.15, 0.2) is 0 Å². The Morgan fingerprint density at radius 3 is 2.86 bits per heavy atom. The van der Waals surface area contributed by atoms with Crippen molar-refractivity contribution in [3.63, 3.8) is 0 Å². The smallest absolute Gasteiger partial charge is 0.340 e. The lowest BCUT2D eigenvalue weighted by atomic mass is 9.82. The zero-order chi connectivity index (χ0) is 15.4. The van der Waals surface area contributed by atoms with Gasteiger partial charge in [-0.3, -0.25) is 0 Å². The van der Waals surface area contributed by atoms with Crippen molar-refractivity contribution in [2.24, 2.45) is 11.8 Å². The summed E-state index contributed by atoms with van der Waals surface area (Å²) in [6.07, 6.45) is 5.24. The maximum Gasteiger partial charge on any atom is 0.340 e. The first kappa shape index (κ1) is 15.7. The zero-order valence-corrected chi connectivity index (χ0v) is 13.2. The first-order chi connectivity index (χ1) is 10.0. The monoisotopic (exact) mass is 290 g/mol. The summed E-state index contributed by atoms with van der Waals surface area (Å²) in [4.78, 5) is 11.8. The maximum absolute atomic E-state index is 11.8. The molecule has 0 amide bonds. The molecule has 1 aromatic rings. The summed E-state index contributed by atoms with van der Waals surface area (Å²) in [6.45, 7) is 5.19. The number of anilines is 2. The summed E-state index contributed by atoms with van der Waals surface area (Å²) in [5.74, 6) is 1.16. The molecule has 1 fully saturated rings. The molecule has 3 N–H and O–H groups in total. The molecule has 0 saturated heterocycles. The van der Waals surface area contributed by atoms with Crippen LogP contribution in [-0.2, 0) is 4.74 Å². The number of ether oxygens (including phenoxy) is 1. The molecule has 2 rings (SSSR count). The van der Waals surface area contributed by atoms with Crippen LogP contribution in [0.3, 0.4) is 0 Å². The van der Waals surface area contributed by atoms with Crippen molar-refractivity contribution >= 4 is 17.3 Å². The molecule has 0 aromatic heterocycles. The molecule has 0 bridgehead atoms. The Bertz CT molecular complexity index is 514. The lowest BCUT2D eigenvalue weighted by molar-refractivity contribution is 0.0602. The highest BCUT2D eigenvalue weighted by atomic mass is 16.5. The number of nitrogen functional groups attached to an aromatic ring is 1. The molecule has 0 heterocycles. The fourth-order valence-corrected chi connectivity index (χ4v) is 3.19. The zero-order valence-electron chi connectivity index (χ0n) is 13.2. The lowest BCUT2D eigenvalue weighted by Gasteiger charge is -2.27. The minimum Gasteiger partial charge on any atom is -0.465 e. The quantitative estimate of drug-likeness (QED) is 0.657. The highest BCUT2D eigenvalue weighted by Gasteiger charge is 2.19. The minimum absolute atomic E-state index is 0.384. The molecule has 2 unspecified atom stereocenters. The first-order valence-corrected chi connectivity index (χ1v) is 7.73. The van der Waals surface area contributed by atoms with Crippen molar-refractivity contribution in [1.82, 2.24) is 0 Å². The van der Waals surface area contributed by atoms with Crippen LogP contribution >= 0.6 is 0 Å². The normalized spacial score (nSPS) is 21.9. The van der Waals surface area contributed by atoms with E-state index in [1.165, 1.54) is 32.8 Å². The van der Waals surface area contributed by atoms with Crippen LogP contribution in [0.2, 0.25) is 0 Å². The molecule has 1 saturated carbocycles. The second kappa shape index (κ2) is 6.83. The average Bonchev–Trinajstić information content (AvgIpc) is 2.47. The lowest BCUT2D eigenvalue weighted by Crippen LogP contribution is -2.21. The fourth-order valence-electron chi connectivity index (χ4n) is 3.19. The van der Waals surface area contributed by atoms with E-state index < -0.39 is 0 Å². The Morgan fingerprint density at radius 1 is 1.43 bits per heavy atom. The third kappa shape index (κ3) is 3.90. The van der Waals surface area contributed by atoms with E-state index in [4.69, 9.17) is 10.5 Å². The number of hydrogen-bond donors (Lipinski definition) is 2. The number of rotatable bonds is 4. The van der Waals surface area contributed by atoms with Gasteiger partial charge in [-0.2, -0.15) is 0 Å². The Kier molecular flexibility index (Phi) is 5.10. The Morgan fingerprint density at radius 2 is 2.19 bits per heavy atom. The summed E-state index contributed by atoms with van der Waals surface area (Å²) < 4.78 is 4.79. The van der Waals surface area contributed by atoms with Crippen molar-refractivity contribution in [1.29, 1.82) is 0 Å². The van der Waals surface area contributed by atoms with Crippen molar-refractivity contribution in [2.75, 3.05) is 24.7 Å². The molecule has 4 heteroatoms. The van der Waals surface area contributed by atoms with Gasteiger partial charge in [0.25, 0.3) is 0 Å². The van der Waals surface area contributed by atoms with E-state index in [2.05, 4.69) is 12.2 Å². The van der Waals surface area contributed by atoms with Crippen LogP contribution in [0.15, 0.2) is 12.1 Å². The van der Waals surface area contributed by atoms with Gasteiger partial charge in [0, 0.05) is 17.9 Å². The second-order valence-corrected chi connectivity index (χ2v) is 6.26. The van der Waals surface area contributed by atoms with Crippen LogP contribution < -0.4 is 11.1 Å². The molecular formula is C17H26N2O2. The van der Waals surface area contributed by atoms with Gasteiger partial charge in [-0.1, -0.05) is 19.8 Å². The van der Waals surface area contributed by atoms with Gasteiger partial charge in [-0.15, -0.1) is 0 Å². The fraction of sp³-hybridized carbons (Fsp3) is 0.588. The van der Waals surface area contributed by atoms with Gasteiger partial charge in [0.05, 0.1) is 12.7 Å². The Balaban J connectivity index is 2.06. The van der Waals surface area contributed by atoms with Gasteiger partial charge in [0.1, 0.15) is 0 Å². The minimum atomic E-state index is -0.384. The molecule has 0 radical (unpaired) electrons. The number of hydrogen-bond acceptors (Lipinski definition) is 4. The van der Waals surface area contributed by atoms with E-state index in [0.29, 0.717) is 17.2 Å². The van der Waals surface area contributed by atoms with Gasteiger partial charge in [0.2, 0.25) is 0 Å². The number of carbonyl (C=O) groups excluding carboxylic acids is 1. The van der Waals surface area contributed by atoms with Gasteiger partial charge in [-0.25, -0.2) is 4.79 Å². The second-order valence-electron chi connectivity index (χ2n) is 6.26. The van der Waals surface area contributed by atoms with Crippen molar-refractivity contribution in [3.05, 3.63) is 23.3 Å². The standard InChI is InChI=1S/C17H26N2O2/c1-11-5-4-6-13(7-11)10-19-14-8-12(2)16(18)15(9-14)17(20)21-3/h8-9,11,13,19H,4-7,10,18H2,1-3H3. The van der Waals surface area contributed by atoms with Crippen LogP contribution in [-0.4, -0.2) is 19.6 Å². The van der Waals surface area contributed by atoms with E-state index in [1.54, 1.807) is 6.07 Å². The van der Waals surface area contributed by atoms with Crippen molar-refractivity contribution in [2.45, 2.75) is 39.5 Å². The van der Waals surface area contributed by atoms with E-state index in [1.807, 2.05) is 13.0 Å². The van der Waals surface area contributed by atoms with Crippen LogP contribution in [0.5, 0.6) is 0 Å². The number of methoxy groups -OCH3 is 1. The topological polar surface area (TPSA) is 64.3 Å². The third-order valence-corrected chi connectivity index (χ3v) is 4.43. The average molecular weight is 290 g/mol. The number of nitrogens with one attached hydrogen (secondary N) is 1. The highest BCUT2D eigenvalue weighted by Crippen LogP contribution is 2.29. The number of carbonyl (C=O) groups is 1. The molecule has 116 valence electrons. The summed E-state index contributed by atoms with van der Waals surface area (Å²) >= 11 is 0. The Labute approximate surface area is 127 Å². The summed E-state index contributed by atoms with van der Waals surface area (Å²) in [7, 11) is 1.38. The number of nitrogens with two attached hydrogens (primary N) is 1.